The van der Waals surface area contributed by atoms with Gasteiger partial charge in [0.1, 0.15) is 0 Å². The van der Waals surface area contributed by atoms with E-state index in [0.717, 1.165) is 0 Å². The van der Waals surface area contributed by atoms with E-state index in [-0.39, 0.29) is 0 Å². The first-order valence-corrected chi connectivity index (χ1v) is 17.4. The number of benzene rings is 7. The van der Waals surface area contributed by atoms with Crippen molar-refractivity contribution in [1.82, 2.24) is 4.40 Å². The van der Waals surface area contributed by atoms with Crippen molar-refractivity contribution in [3.05, 3.63) is 139 Å². The van der Waals surface area contributed by atoms with E-state index in [2.05, 4.69) is 145 Å². The second-order valence-corrected chi connectivity index (χ2v) is 14.7. The Balaban J connectivity index is 1.25. The minimum Gasteiger partial charge on any atom is -0.308 e. The quantitative estimate of drug-likeness (QED) is 0.181. The third kappa shape index (κ3) is 3.24. The van der Waals surface area contributed by atoms with Gasteiger partial charge >= 0.3 is 0 Å². The highest BCUT2D eigenvalue weighted by Gasteiger charge is 2.21. The molecule has 4 aromatic heterocycles. The van der Waals surface area contributed by atoms with Crippen LogP contribution in [0.3, 0.4) is 0 Å². The fourth-order valence-corrected chi connectivity index (χ4v) is 10.4. The number of hydrogen-bond acceptors (Lipinski definition) is 2. The van der Waals surface area contributed by atoms with Gasteiger partial charge in [-0.15, -0.1) is 22.7 Å². The first kappa shape index (κ1) is 25.0. The number of nitrogens with zero attached hydrogens (tertiary/aromatic N) is 1. The highest BCUT2D eigenvalue weighted by atomic mass is 32.1. The molecular weight excluding hydrogens is 595 g/mol. The molecule has 0 saturated carbocycles. The second kappa shape index (κ2) is 8.95. The minimum absolute atomic E-state index is 1.27. The van der Waals surface area contributed by atoms with Crippen LogP contribution in [0.15, 0.2) is 133 Å². The molecule has 0 saturated heterocycles. The van der Waals surface area contributed by atoms with E-state index in [1.54, 1.807) is 0 Å². The van der Waals surface area contributed by atoms with Crippen LogP contribution in [0.2, 0.25) is 0 Å². The molecule has 0 N–H and O–H groups in total. The number of hydrogen-bond donors (Lipinski definition) is 0. The zero-order chi connectivity index (χ0) is 30.1. The lowest BCUT2D eigenvalue weighted by molar-refractivity contribution is 1.36. The van der Waals surface area contributed by atoms with Crippen LogP contribution in [0.25, 0.3) is 101 Å². The zero-order valence-corrected chi connectivity index (χ0v) is 26.6. The molecule has 0 fully saturated rings. The average molecular weight is 620 g/mol. The van der Waals surface area contributed by atoms with Gasteiger partial charge in [-0.3, -0.25) is 0 Å². The predicted octanol–water partition coefficient (Wildman–Crippen LogP) is 13.2. The monoisotopic (exact) mass is 619 g/mol. The molecule has 11 rings (SSSR count). The van der Waals surface area contributed by atoms with Crippen LogP contribution in [-0.4, -0.2) is 4.40 Å². The SMILES string of the molecule is Cc1ccc2c(c1)c1cc(-c3cccc4c3sc3ccccc34)cc3c4cc(-c5cccc6c5sc5ccccc56)ccc4n2c13. The van der Waals surface area contributed by atoms with Crippen molar-refractivity contribution in [2.45, 2.75) is 6.92 Å². The highest BCUT2D eigenvalue weighted by Crippen LogP contribution is 2.47. The van der Waals surface area contributed by atoms with Crippen LogP contribution in [0.5, 0.6) is 0 Å². The maximum absolute atomic E-state index is 2.50. The third-order valence-corrected chi connectivity index (χ3v) is 12.4. The Morgan fingerprint density at radius 3 is 1.59 bits per heavy atom. The molecular formula is C43H25NS2. The number of aromatic nitrogens is 1. The Labute approximate surface area is 272 Å². The van der Waals surface area contributed by atoms with E-state index in [0.29, 0.717) is 0 Å². The molecule has 4 heterocycles. The van der Waals surface area contributed by atoms with E-state index in [9.17, 15) is 0 Å². The summed E-state index contributed by atoms with van der Waals surface area (Å²) in [6.07, 6.45) is 0. The van der Waals surface area contributed by atoms with Gasteiger partial charge in [0.2, 0.25) is 0 Å². The smallest absolute Gasteiger partial charge is 0.0620 e. The molecule has 1 nitrogen and oxygen atoms in total. The first-order chi connectivity index (χ1) is 22.7. The lowest BCUT2D eigenvalue weighted by Gasteiger charge is -2.07. The fourth-order valence-electron chi connectivity index (χ4n) is 7.94. The van der Waals surface area contributed by atoms with E-state index < -0.39 is 0 Å². The molecule has 0 radical (unpaired) electrons. The Morgan fingerprint density at radius 2 is 0.935 bits per heavy atom. The summed E-state index contributed by atoms with van der Waals surface area (Å²) < 4.78 is 7.90. The van der Waals surface area contributed by atoms with Crippen molar-refractivity contribution < 1.29 is 0 Å². The van der Waals surface area contributed by atoms with Crippen molar-refractivity contribution >= 4 is 101 Å². The summed E-state index contributed by atoms with van der Waals surface area (Å²) in [6, 6.07) is 50.1. The van der Waals surface area contributed by atoms with E-state index in [4.69, 9.17) is 0 Å². The molecule has 46 heavy (non-hydrogen) atoms. The number of fused-ring (bicyclic) bond motifs is 12. The second-order valence-electron chi connectivity index (χ2n) is 12.6. The van der Waals surface area contributed by atoms with Gasteiger partial charge in [-0.1, -0.05) is 90.5 Å². The van der Waals surface area contributed by atoms with Crippen LogP contribution in [0.1, 0.15) is 5.56 Å². The summed E-state index contributed by atoms with van der Waals surface area (Å²) in [5.74, 6) is 0. The molecule has 0 atom stereocenters. The van der Waals surface area contributed by atoms with Crippen LogP contribution in [0.4, 0.5) is 0 Å². The van der Waals surface area contributed by atoms with Crippen molar-refractivity contribution in [3.8, 4) is 22.3 Å². The lowest BCUT2D eigenvalue weighted by Crippen LogP contribution is -1.83. The summed E-state index contributed by atoms with van der Waals surface area (Å²) in [4.78, 5) is 0. The molecule has 0 aliphatic heterocycles. The van der Waals surface area contributed by atoms with Gasteiger partial charge in [0, 0.05) is 61.9 Å². The van der Waals surface area contributed by atoms with Crippen LogP contribution in [0, 0.1) is 6.92 Å². The molecule has 11 aromatic rings. The summed E-state index contributed by atoms with van der Waals surface area (Å²) in [7, 11) is 0. The topological polar surface area (TPSA) is 4.41 Å². The standard InChI is InChI=1S/C43H25NS2/c1-24-16-18-37-33(20-24)35-22-26(28-11-7-13-32-30-9-3-5-15-40(30)46-43(28)32)23-36-34-21-25(17-19-38(34)44(37)41(35)36)27-10-6-12-31-29-8-2-4-14-39(29)45-42(27)31/h2-23H,1H3. The number of thiophene rings is 2. The largest absolute Gasteiger partial charge is 0.308 e. The zero-order valence-electron chi connectivity index (χ0n) is 25.0. The normalized spacial score (nSPS) is 12.5. The maximum Gasteiger partial charge on any atom is 0.0620 e. The summed E-state index contributed by atoms with van der Waals surface area (Å²) in [6.45, 7) is 2.20. The Morgan fingerprint density at radius 1 is 0.413 bits per heavy atom. The first-order valence-electron chi connectivity index (χ1n) is 15.8. The van der Waals surface area contributed by atoms with Gasteiger partial charge in [0.05, 0.1) is 16.6 Å². The van der Waals surface area contributed by atoms with Gasteiger partial charge in [-0.25, -0.2) is 0 Å². The highest BCUT2D eigenvalue weighted by molar-refractivity contribution is 7.26. The van der Waals surface area contributed by atoms with Crippen molar-refractivity contribution in [1.29, 1.82) is 0 Å². The van der Waals surface area contributed by atoms with E-state index in [1.807, 2.05) is 22.7 Å². The Hall–Kier alpha value is -5.22. The van der Waals surface area contributed by atoms with Gasteiger partial charge in [-0.2, -0.15) is 0 Å². The predicted molar refractivity (Wildman–Crippen MR) is 202 cm³/mol. The molecule has 0 spiro atoms. The summed E-state index contributed by atoms with van der Waals surface area (Å²) >= 11 is 3.81. The average Bonchev–Trinajstić information content (AvgIpc) is 3.84. The van der Waals surface area contributed by atoms with E-state index in [1.165, 1.54) is 106 Å². The Bertz CT molecular complexity index is 3040. The van der Waals surface area contributed by atoms with Crippen LogP contribution in [-0.2, 0) is 0 Å². The molecule has 0 aliphatic carbocycles. The maximum atomic E-state index is 2.50. The van der Waals surface area contributed by atoms with Gasteiger partial charge < -0.3 is 4.40 Å². The molecule has 0 unspecified atom stereocenters. The van der Waals surface area contributed by atoms with Gasteiger partial charge in [0.15, 0.2) is 0 Å². The van der Waals surface area contributed by atoms with Crippen LogP contribution >= 0.6 is 22.7 Å². The third-order valence-electron chi connectivity index (χ3n) is 9.97. The fraction of sp³-hybridized carbons (Fsp3) is 0.0233. The Kier molecular flexibility index (Phi) is 4.87. The molecule has 0 amide bonds. The molecule has 0 bridgehead atoms. The van der Waals surface area contributed by atoms with Crippen molar-refractivity contribution in [3.63, 3.8) is 0 Å². The minimum atomic E-state index is 1.27. The van der Waals surface area contributed by atoms with Crippen molar-refractivity contribution in [2.75, 3.05) is 0 Å². The molecule has 214 valence electrons. The van der Waals surface area contributed by atoms with E-state index >= 15 is 0 Å². The lowest BCUT2D eigenvalue weighted by atomic mass is 9.96. The van der Waals surface area contributed by atoms with Crippen LogP contribution < -0.4 is 0 Å². The number of aryl methyl sites for hydroxylation is 1. The summed E-state index contributed by atoms with van der Waals surface area (Å²) in [5, 5.41) is 10.6. The van der Waals surface area contributed by atoms with Gasteiger partial charge in [-0.05, 0) is 77.7 Å². The number of rotatable bonds is 2. The van der Waals surface area contributed by atoms with Gasteiger partial charge in [0.25, 0.3) is 0 Å². The molecule has 7 aromatic carbocycles. The molecule has 0 aliphatic rings. The summed E-state index contributed by atoms with van der Waals surface area (Å²) in [5.41, 5.74) is 10.3. The molecule has 3 heteroatoms. The van der Waals surface area contributed by atoms with Crippen molar-refractivity contribution in [2.24, 2.45) is 0 Å².